The molecule has 0 aliphatic heterocycles. The van der Waals surface area contributed by atoms with Crippen LogP contribution < -0.4 is 0 Å². The summed E-state index contributed by atoms with van der Waals surface area (Å²) >= 11 is 5.40. The Hall–Kier alpha value is 0.0500. The number of aliphatic hydroxyl groups excluding tert-OH is 1. The van der Waals surface area contributed by atoms with E-state index < -0.39 is 0 Å². The molecular formula is C12H24OS. The molecule has 0 spiro atoms. The Bertz CT molecular complexity index is 179. The molecule has 0 aromatic heterocycles. The maximum Gasteiger partial charge on any atom is 0.0504 e. The Morgan fingerprint density at radius 2 is 1.71 bits per heavy atom. The summed E-state index contributed by atoms with van der Waals surface area (Å²) in [6, 6.07) is 0. The van der Waals surface area contributed by atoms with Crippen molar-refractivity contribution in [3.05, 3.63) is 0 Å². The second-order valence-electron chi connectivity index (χ2n) is 5.46. The Morgan fingerprint density at radius 1 is 1.21 bits per heavy atom. The second kappa shape index (κ2) is 5.82. The van der Waals surface area contributed by atoms with Gasteiger partial charge >= 0.3 is 0 Å². The molecule has 2 heteroatoms. The van der Waals surface area contributed by atoms with Crippen molar-refractivity contribution in [2.75, 3.05) is 6.61 Å². The molecule has 14 heavy (non-hydrogen) atoms. The van der Waals surface area contributed by atoms with Gasteiger partial charge in [0.2, 0.25) is 0 Å². The van der Waals surface area contributed by atoms with Gasteiger partial charge in [0, 0.05) is 10.8 Å². The highest BCUT2D eigenvalue weighted by Gasteiger charge is 2.24. The van der Waals surface area contributed by atoms with E-state index in [1.165, 1.54) is 0 Å². The van der Waals surface area contributed by atoms with Gasteiger partial charge in [0.15, 0.2) is 0 Å². The summed E-state index contributed by atoms with van der Waals surface area (Å²) in [5.74, 6) is 0.888. The molecule has 0 amide bonds. The third-order valence-corrected chi connectivity index (χ3v) is 3.37. The summed E-state index contributed by atoms with van der Waals surface area (Å²) in [5.41, 5.74) is 0.0414. The minimum Gasteiger partial charge on any atom is -0.396 e. The molecule has 1 nitrogen and oxygen atoms in total. The van der Waals surface area contributed by atoms with E-state index in [-0.39, 0.29) is 17.9 Å². The monoisotopic (exact) mass is 216 g/mol. The summed E-state index contributed by atoms with van der Waals surface area (Å²) < 4.78 is 0. The van der Waals surface area contributed by atoms with Gasteiger partial charge in [-0.1, -0.05) is 53.3 Å². The van der Waals surface area contributed by atoms with E-state index in [2.05, 4.69) is 34.6 Å². The molecule has 84 valence electrons. The number of hydrogen-bond acceptors (Lipinski definition) is 2. The highest BCUT2D eigenvalue weighted by atomic mass is 32.1. The van der Waals surface area contributed by atoms with Crippen LogP contribution in [0.4, 0.5) is 0 Å². The fourth-order valence-electron chi connectivity index (χ4n) is 1.45. The standard InChI is InChI=1S/C12H24OS/c1-9(2)6-7-10(8-13)11(14)12(3,4)5/h9-10,13H,6-8H2,1-5H3/t10-/m1/s1. The predicted molar refractivity (Wildman–Crippen MR) is 66.7 cm³/mol. The van der Waals surface area contributed by atoms with Gasteiger partial charge in [-0.05, 0) is 17.8 Å². The summed E-state index contributed by atoms with van der Waals surface area (Å²) in [6.07, 6.45) is 2.16. The molecule has 0 saturated heterocycles. The van der Waals surface area contributed by atoms with Gasteiger partial charge in [0.05, 0.1) is 6.61 Å². The zero-order chi connectivity index (χ0) is 11.4. The van der Waals surface area contributed by atoms with Gasteiger partial charge in [0.1, 0.15) is 0 Å². The molecule has 0 aromatic carbocycles. The zero-order valence-electron chi connectivity index (χ0n) is 10.1. The first-order chi connectivity index (χ1) is 6.29. The fraction of sp³-hybridized carbons (Fsp3) is 0.917. The van der Waals surface area contributed by atoms with Crippen molar-refractivity contribution in [2.45, 2.75) is 47.5 Å². The number of aliphatic hydroxyl groups is 1. The minimum atomic E-state index is 0.0414. The predicted octanol–water partition coefficient (Wildman–Crippen LogP) is 3.45. The lowest BCUT2D eigenvalue weighted by atomic mass is 9.82. The lowest BCUT2D eigenvalue weighted by molar-refractivity contribution is 0.245. The highest BCUT2D eigenvalue weighted by molar-refractivity contribution is 7.80. The van der Waals surface area contributed by atoms with E-state index in [1.807, 2.05) is 0 Å². The van der Waals surface area contributed by atoms with Crippen LogP contribution in [0.1, 0.15) is 47.5 Å². The summed E-state index contributed by atoms with van der Waals surface area (Å²) in [5, 5.41) is 9.29. The van der Waals surface area contributed by atoms with E-state index in [9.17, 15) is 5.11 Å². The van der Waals surface area contributed by atoms with Crippen LogP contribution in [0.25, 0.3) is 0 Å². The van der Waals surface area contributed by atoms with Crippen LogP contribution in [0.3, 0.4) is 0 Å². The molecule has 0 aromatic rings. The van der Waals surface area contributed by atoms with Crippen molar-refractivity contribution in [3.8, 4) is 0 Å². The SMILES string of the molecule is CC(C)CC[C@H](CO)C(=S)C(C)(C)C. The largest absolute Gasteiger partial charge is 0.396 e. The van der Waals surface area contributed by atoms with Crippen LogP contribution >= 0.6 is 12.2 Å². The molecule has 0 rings (SSSR count). The molecule has 1 N–H and O–H groups in total. The Morgan fingerprint density at radius 3 is 2.00 bits per heavy atom. The van der Waals surface area contributed by atoms with E-state index in [0.29, 0.717) is 5.92 Å². The molecule has 0 unspecified atom stereocenters. The summed E-state index contributed by atoms with van der Waals surface area (Å²) in [4.78, 5) is 1.01. The molecule has 0 saturated carbocycles. The van der Waals surface area contributed by atoms with Gasteiger partial charge in [0.25, 0.3) is 0 Å². The lowest BCUT2D eigenvalue weighted by Crippen LogP contribution is -2.29. The topological polar surface area (TPSA) is 20.2 Å². The van der Waals surface area contributed by atoms with Crippen molar-refractivity contribution in [2.24, 2.45) is 17.3 Å². The molecule has 0 aliphatic rings. The van der Waals surface area contributed by atoms with Gasteiger partial charge in [-0.2, -0.15) is 0 Å². The zero-order valence-corrected chi connectivity index (χ0v) is 10.9. The van der Waals surface area contributed by atoms with E-state index in [1.54, 1.807) is 0 Å². The van der Waals surface area contributed by atoms with Crippen molar-refractivity contribution < 1.29 is 5.11 Å². The maximum absolute atomic E-state index is 9.29. The van der Waals surface area contributed by atoms with Crippen LogP contribution in [0.5, 0.6) is 0 Å². The molecule has 0 fully saturated rings. The molecular weight excluding hydrogens is 192 g/mol. The Labute approximate surface area is 93.9 Å². The van der Waals surface area contributed by atoms with Crippen LogP contribution in [0, 0.1) is 17.3 Å². The molecule has 0 heterocycles. The third-order valence-electron chi connectivity index (χ3n) is 2.42. The van der Waals surface area contributed by atoms with Crippen molar-refractivity contribution in [1.82, 2.24) is 0 Å². The van der Waals surface area contributed by atoms with Crippen LogP contribution in [0.15, 0.2) is 0 Å². The van der Waals surface area contributed by atoms with Gasteiger partial charge in [-0.3, -0.25) is 0 Å². The Kier molecular flexibility index (Phi) is 5.84. The van der Waals surface area contributed by atoms with Crippen molar-refractivity contribution >= 4 is 17.1 Å². The van der Waals surface area contributed by atoms with Gasteiger partial charge in [-0.25, -0.2) is 0 Å². The van der Waals surface area contributed by atoms with E-state index in [4.69, 9.17) is 12.2 Å². The smallest absolute Gasteiger partial charge is 0.0504 e. The first-order valence-electron chi connectivity index (χ1n) is 5.44. The lowest BCUT2D eigenvalue weighted by Gasteiger charge is -2.27. The highest BCUT2D eigenvalue weighted by Crippen LogP contribution is 2.25. The number of rotatable bonds is 5. The first-order valence-corrected chi connectivity index (χ1v) is 5.85. The van der Waals surface area contributed by atoms with E-state index >= 15 is 0 Å². The van der Waals surface area contributed by atoms with Crippen LogP contribution in [-0.2, 0) is 0 Å². The van der Waals surface area contributed by atoms with Crippen molar-refractivity contribution in [1.29, 1.82) is 0 Å². The maximum atomic E-state index is 9.29. The average molecular weight is 216 g/mol. The van der Waals surface area contributed by atoms with Gasteiger partial charge < -0.3 is 5.11 Å². The normalized spacial score (nSPS) is 14.5. The summed E-state index contributed by atoms with van der Waals surface area (Å²) in [7, 11) is 0. The molecule has 1 atom stereocenters. The van der Waals surface area contributed by atoms with Crippen LogP contribution in [-0.4, -0.2) is 16.6 Å². The first kappa shape index (κ1) is 14.1. The summed E-state index contributed by atoms with van der Waals surface area (Å²) in [6.45, 7) is 11.0. The minimum absolute atomic E-state index is 0.0414. The molecule has 0 aliphatic carbocycles. The third kappa shape index (κ3) is 5.06. The fourth-order valence-corrected chi connectivity index (χ4v) is 1.64. The van der Waals surface area contributed by atoms with E-state index in [0.717, 1.165) is 17.7 Å². The average Bonchev–Trinajstić information content (AvgIpc) is 2.03. The number of thiocarbonyl (C=S) groups is 1. The molecule has 0 radical (unpaired) electrons. The number of hydrogen-bond donors (Lipinski definition) is 1. The quantitative estimate of drug-likeness (QED) is 0.710. The van der Waals surface area contributed by atoms with Gasteiger partial charge in [-0.15, -0.1) is 0 Å². The Balaban J connectivity index is 4.21. The molecule has 0 bridgehead atoms. The van der Waals surface area contributed by atoms with Crippen LogP contribution in [0.2, 0.25) is 0 Å². The second-order valence-corrected chi connectivity index (χ2v) is 5.90. The van der Waals surface area contributed by atoms with Crippen molar-refractivity contribution in [3.63, 3.8) is 0 Å².